The van der Waals surface area contributed by atoms with Crippen molar-refractivity contribution in [3.8, 4) is 0 Å². The van der Waals surface area contributed by atoms with Crippen LogP contribution in [0.5, 0.6) is 0 Å². The summed E-state index contributed by atoms with van der Waals surface area (Å²) >= 11 is 12.7. The van der Waals surface area contributed by atoms with Crippen LogP contribution in [-0.4, -0.2) is 28.8 Å². The second-order valence-corrected chi connectivity index (χ2v) is 8.36. The molecule has 0 spiro atoms. The number of halogens is 2. The van der Waals surface area contributed by atoms with E-state index in [4.69, 9.17) is 23.2 Å². The number of benzene rings is 2. The smallest absolute Gasteiger partial charge is 0.242 e. The fourth-order valence-corrected chi connectivity index (χ4v) is 4.22. The first-order chi connectivity index (χ1) is 14.0. The van der Waals surface area contributed by atoms with Crippen LogP contribution in [0.1, 0.15) is 43.7 Å². The first kappa shape index (κ1) is 21.7. The average molecular weight is 433 g/mol. The Morgan fingerprint density at radius 1 is 1.03 bits per heavy atom. The Morgan fingerprint density at radius 2 is 1.66 bits per heavy atom. The summed E-state index contributed by atoms with van der Waals surface area (Å²) in [6, 6.07) is 14.3. The van der Waals surface area contributed by atoms with E-state index in [0.29, 0.717) is 15.6 Å². The van der Waals surface area contributed by atoms with Gasteiger partial charge in [-0.15, -0.1) is 0 Å². The van der Waals surface area contributed by atoms with E-state index in [0.717, 1.165) is 31.2 Å². The summed E-state index contributed by atoms with van der Waals surface area (Å²) in [4.78, 5) is 27.6. The van der Waals surface area contributed by atoms with Crippen LogP contribution in [0.15, 0.2) is 48.5 Å². The fraction of sp³-hybridized carbons (Fsp3) is 0.391. The molecule has 6 heteroatoms. The van der Waals surface area contributed by atoms with Crippen LogP contribution in [0.3, 0.4) is 0 Å². The summed E-state index contributed by atoms with van der Waals surface area (Å²) < 4.78 is 0. The number of nitrogens with one attached hydrogen (secondary N) is 1. The Hall–Kier alpha value is -2.04. The van der Waals surface area contributed by atoms with Crippen molar-refractivity contribution in [2.45, 2.75) is 57.7 Å². The average Bonchev–Trinajstić information content (AvgIpc) is 3.21. The molecule has 2 aromatic carbocycles. The normalized spacial score (nSPS) is 15.1. The Balaban J connectivity index is 1.81. The lowest BCUT2D eigenvalue weighted by atomic mass is 10.1. The quantitative estimate of drug-likeness (QED) is 0.667. The van der Waals surface area contributed by atoms with Crippen molar-refractivity contribution < 1.29 is 9.59 Å². The van der Waals surface area contributed by atoms with Crippen LogP contribution in [-0.2, 0) is 22.6 Å². The van der Waals surface area contributed by atoms with Gasteiger partial charge in [0, 0.05) is 28.2 Å². The molecule has 1 atom stereocenters. The van der Waals surface area contributed by atoms with Crippen molar-refractivity contribution in [2.75, 3.05) is 0 Å². The highest BCUT2D eigenvalue weighted by Crippen LogP contribution is 2.27. The van der Waals surface area contributed by atoms with Gasteiger partial charge in [0.1, 0.15) is 6.04 Å². The maximum absolute atomic E-state index is 13.2. The molecule has 1 N–H and O–H groups in total. The third kappa shape index (κ3) is 5.74. The number of hydrogen-bond acceptors (Lipinski definition) is 2. The number of rotatable bonds is 7. The Bertz CT molecular complexity index is 831. The van der Waals surface area contributed by atoms with Gasteiger partial charge in [-0.25, -0.2) is 0 Å². The lowest BCUT2D eigenvalue weighted by Gasteiger charge is -2.30. The lowest BCUT2D eigenvalue weighted by Crippen LogP contribution is -2.50. The molecule has 29 heavy (non-hydrogen) atoms. The molecule has 4 nitrogen and oxygen atoms in total. The molecule has 0 heterocycles. The van der Waals surface area contributed by atoms with Crippen molar-refractivity contribution in [1.82, 2.24) is 10.2 Å². The van der Waals surface area contributed by atoms with Gasteiger partial charge in [0.15, 0.2) is 0 Å². The number of carbonyl (C=O) groups is 2. The third-order valence-corrected chi connectivity index (χ3v) is 6.17. The zero-order chi connectivity index (χ0) is 20.8. The van der Waals surface area contributed by atoms with Crippen LogP contribution in [0, 0.1) is 0 Å². The number of hydrogen-bond donors (Lipinski definition) is 1. The highest BCUT2D eigenvalue weighted by atomic mass is 35.5. The highest BCUT2D eigenvalue weighted by molar-refractivity contribution is 6.36. The second kappa shape index (κ2) is 10.1. The summed E-state index contributed by atoms with van der Waals surface area (Å²) in [6.07, 6.45) is 4.46. The fourth-order valence-electron chi connectivity index (χ4n) is 3.70. The topological polar surface area (TPSA) is 49.4 Å². The van der Waals surface area contributed by atoms with Crippen molar-refractivity contribution >= 4 is 35.0 Å². The monoisotopic (exact) mass is 432 g/mol. The largest absolute Gasteiger partial charge is 0.352 e. The van der Waals surface area contributed by atoms with E-state index >= 15 is 0 Å². The molecule has 0 unspecified atom stereocenters. The molecule has 2 amide bonds. The van der Waals surface area contributed by atoms with Crippen molar-refractivity contribution in [3.05, 3.63) is 69.7 Å². The standard InChI is InChI=1S/C23H26Cl2N2O2/c1-16(23(29)26-18-10-5-6-11-18)27(15-19-20(24)12-7-13-21(19)25)22(28)14-17-8-3-2-4-9-17/h2-4,7-9,12-13,16,18H,5-6,10-11,14-15H2,1H3,(H,26,29)/t16-/m0/s1. The van der Waals surface area contributed by atoms with E-state index in [1.807, 2.05) is 30.3 Å². The minimum absolute atomic E-state index is 0.138. The SMILES string of the molecule is C[C@@H](C(=O)NC1CCCC1)N(Cc1c(Cl)cccc1Cl)C(=O)Cc1ccccc1. The predicted octanol–water partition coefficient (Wildman–Crippen LogP) is 5.01. The summed E-state index contributed by atoms with van der Waals surface area (Å²) in [7, 11) is 0. The highest BCUT2D eigenvalue weighted by Gasteiger charge is 2.29. The summed E-state index contributed by atoms with van der Waals surface area (Å²) in [5.74, 6) is -0.275. The molecule has 1 saturated carbocycles. The maximum Gasteiger partial charge on any atom is 0.242 e. The van der Waals surface area contributed by atoms with Gasteiger partial charge in [-0.2, -0.15) is 0 Å². The molecule has 0 saturated heterocycles. The van der Waals surface area contributed by atoms with E-state index in [2.05, 4.69) is 5.32 Å². The molecule has 1 fully saturated rings. The van der Waals surface area contributed by atoms with E-state index in [1.165, 1.54) is 0 Å². The predicted molar refractivity (Wildman–Crippen MR) is 117 cm³/mol. The lowest BCUT2D eigenvalue weighted by molar-refractivity contribution is -0.140. The molecule has 154 valence electrons. The zero-order valence-corrected chi connectivity index (χ0v) is 18.0. The van der Waals surface area contributed by atoms with Crippen LogP contribution in [0.4, 0.5) is 0 Å². The van der Waals surface area contributed by atoms with Crippen LogP contribution in [0.25, 0.3) is 0 Å². The number of nitrogens with zero attached hydrogens (tertiary/aromatic N) is 1. The Kier molecular flexibility index (Phi) is 7.57. The maximum atomic E-state index is 13.2. The summed E-state index contributed by atoms with van der Waals surface area (Å²) in [5.41, 5.74) is 1.55. The molecule has 0 aliphatic heterocycles. The molecular weight excluding hydrogens is 407 g/mol. The van der Waals surface area contributed by atoms with Crippen LogP contribution in [0.2, 0.25) is 10.0 Å². The van der Waals surface area contributed by atoms with E-state index in [9.17, 15) is 9.59 Å². The minimum Gasteiger partial charge on any atom is -0.352 e. The van der Waals surface area contributed by atoms with Gasteiger partial charge in [0.25, 0.3) is 0 Å². The Morgan fingerprint density at radius 3 is 2.28 bits per heavy atom. The molecule has 0 aromatic heterocycles. The van der Waals surface area contributed by atoms with E-state index in [-0.39, 0.29) is 30.8 Å². The molecule has 1 aliphatic rings. The zero-order valence-electron chi connectivity index (χ0n) is 16.5. The second-order valence-electron chi connectivity index (χ2n) is 7.55. The van der Waals surface area contributed by atoms with Crippen molar-refractivity contribution in [2.24, 2.45) is 0 Å². The molecule has 0 radical (unpaired) electrons. The van der Waals surface area contributed by atoms with E-state index in [1.54, 1.807) is 30.0 Å². The van der Waals surface area contributed by atoms with Gasteiger partial charge in [0.2, 0.25) is 11.8 Å². The summed E-state index contributed by atoms with van der Waals surface area (Å²) in [5, 5.41) is 4.06. The first-order valence-electron chi connectivity index (χ1n) is 10.0. The first-order valence-corrected chi connectivity index (χ1v) is 10.8. The number of carbonyl (C=O) groups excluding carboxylic acids is 2. The van der Waals surface area contributed by atoms with Gasteiger partial charge in [-0.3, -0.25) is 9.59 Å². The minimum atomic E-state index is -0.626. The van der Waals surface area contributed by atoms with Gasteiger partial charge >= 0.3 is 0 Å². The van der Waals surface area contributed by atoms with Gasteiger partial charge in [0.05, 0.1) is 6.42 Å². The van der Waals surface area contributed by atoms with Gasteiger partial charge in [-0.1, -0.05) is 72.4 Å². The van der Waals surface area contributed by atoms with E-state index < -0.39 is 6.04 Å². The van der Waals surface area contributed by atoms with Crippen molar-refractivity contribution in [3.63, 3.8) is 0 Å². The molecular formula is C23H26Cl2N2O2. The van der Waals surface area contributed by atoms with Crippen LogP contribution < -0.4 is 5.32 Å². The summed E-state index contributed by atoms with van der Waals surface area (Å²) in [6.45, 7) is 1.95. The van der Waals surface area contributed by atoms with Crippen LogP contribution >= 0.6 is 23.2 Å². The number of amides is 2. The third-order valence-electron chi connectivity index (χ3n) is 5.46. The van der Waals surface area contributed by atoms with Gasteiger partial charge in [-0.05, 0) is 37.5 Å². The molecule has 1 aliphatic carbocycles. The molecule has 3 rings (SSSR count). The van der Waals surface area contributed by atoms with Crippen molar-refractivity contribution in [1.29, 1.82) is 0 Å². The molecule has 2 aromatic rings. The Labute approximate surface area is 182 Å². The molecule has 0 bridgehead atoms. The van der Waals surface area contributed by atoms with Gasteiger partial charge < -0.3 is 10.2 Å².